The summed E-state index contributed by atoms with van der Waals surface area (Å²) in [6.07, 6.45) is 4.18. The van der Waals surface area contributed by atoms with Crippen molar-refractivity contribution in [2.24, 2.45) is 5.73 Å². The molecule has 1 aromatic heterocycles. The third-order valence-electron chi connectivity index (χ3n) is 2.78. The summed E-state index contributed by atoms with van der Waals surface area (Å²) in [6, 6.07) is -0.878. The molecule has 0 aromatic carbocycles. The van der Waals surface area contributed by atoms with Gasteiger partial charge in [0.25, 0.3) is 0 Å². The van der Waals surface area contributed by atoms with E-state index in [1.165, 1.54) is 18.3 Å². The highest BCUT2D eigenvalue weighted by molar-refractivity contribution is 7.09. The van der Waals surface area contributed by atoms with E-state index < -0.39 is 12.0 Å². The molecule has 0 fully saturated rings. The van der Waals surface area contributed by atoms with Gasteiger partial charge in [0.2, 0.25) is 5.91 Å². The summed E-state index contributed by atoms with van der Waals surface area (Å²) in [5, 5.41) is 14.0. The molecule has 20 heavy (non-hydrogen) atoms. The summed E-state index contributed by atoms with van der Waals surface area (Å²) in [4.78, 5) is 26.6. The highest BCUT2D eigenvalue weighted by Crippen LogP contribution is 2.13. The van der Waals surface area contributed by atoms with Gasteiger partial charge in [-0.3, -0.25) is 9.59 Å². The van der Waals surface area contributed by atoms with Crippen molar-refractivity contribution in [2.75, 3.05) is 6.54 Å². The number of aryl methyl sites for hydroxylation is 1. The van der Waals surface area contributed by atoms with Crippen molar-refractivity contribution in [1.82, 2.24) is 10.3 Å². The van der Waals surface area contributed by atoms with E-state index in [0.29, 0.717) is 12.2 Å². The molecule has 0 aliphatic carbocycles. The van der Waals surface area contributed by atoms with Crippen LogP contribution in [0.1, 0.15) is 36.9 Å². The number of hydrogen-bond acceptors (Lipinski definition) is 5. The van der Waals surface area contributed by atoms with Crippen LogP contribution in [0.3, 0.4) is 0 Å². The normalized spacial score (nSPS) is 12.1. The number of unbranched alkanes of at least 4 members (excludes halogenated alkanes) is 2. The number of thiazole rings is 1. The second-order valence-corrected chi connectivity index (χ2v) is 5.58. The van der Waals surface area contributed by atoms with Crippen LogP contribution in [0.25, 0.3) is 0 Å². The number of carboxylic acid groups (broad SMARTS) is 1. The first-order chi connectivity index (χ1) is 9.52. The number of nitrogens with two attached hydrogens (primary N) is 1. The third kappa shape index (κ3) is 6.12. The molecule has 0 radical (unpaired) electrons. The number of aromatic nitrogens is 1. The van der Waals surface area contributed by atoms with Gasteiger partial charge in [0, 0.05) is 5.38 Å². The lowest BCUT2D eigenvalue weighted by Gasteiger charge is -2.07. The maximum absolute atomic E-state index is 11.6. The molecule has 7 heteroatoms. The van der Waals surface area contributed by atoms with Crippen molar-refractivity contribution < 1.29 is 14.7 Å². The Kier molecular flexibility index (Phi) is 7.17. The first-order valence-electron chi connectivity index (χ1n) is 6.68. The second kappa shape index (κ2) is 8.65. The molecule has 1 aromatic rings. The summed E-state index contributed by atoms with van der Waals surface area (Å²) in [7, 11) is 0. The van der Waals surface area contributed by atoms with Crippen molar-refractivity contribution in [3.8, 4) is 0 Å². The van der Waals surface area contributed by atoms with E-state index >= 15 is 0 Å². The number of amides is 1. The summed E-state index contributed by atoms with van der Waals surface area (Å²) >= 11 is 1.54. The van der Waals surface area contributed by atoms with Crippen LogP contribution in [0.15, 0.2) is 5.38 Å². The Morgan fingerprint density at radius 2 is 2.20 bits per heavy atom. The van der Waals surface area contributed by atoms with E-state index in [1.54, 1.807) is 0 Å². The molecule has 1 atom stereocenters. The lowest BCUT2D eigenvalue weighted by Crippen LogP contribution is -2.39. The first-order valence-corrected chi connectivity index (χ1v) is 7.56. The molecular weight excluding hydrogens is 278 g/mol. The van der Waals surface area contributed by atoms with Crippen LogP contribution in [0.5, 0.6) is 0 Å². The standard InChI is InChI=1S/C13H21N3O3S/c1-9(13(18)19)15-11(17)7-10-8-20-12(16-10)5-3-2-4-6-14/h8-9H,2-7,14H2,1H3,(H,15,17)(H,18,19). The van der Waals surface area contributed by atoms with Gasteiger partial charge in [-0.2, -0.15) is 0 Å². The smallest absolute Gasteiger partial charge is 0.325 e. The van der Waals surface area contributed by atoms with Gasteiger partial charge in [-0.05, 0) is 32.7 Å². The third-order valence-corrected chi connectivity index (χ3v) is 3.74. The summed E-state index contributed by atoms with van der Waals surface area (Å²) < 4.78 is 0. The van der Waals surface area contributed by atoms with E-state index in [4.69, 9.17) is 10.8 Å². The number of rotatable bonds is 9. The van der Waals surface area contributed by atoms with Crippen molar-refractivity contribution in [3.05, 3.63) is 16.1 Å². The minimum Gasteiger partial charge on any atom is -0.480 e. The molecule has 0 spiro atoms. The Labute approximate surface area is 122 Å². The van der Waals surface area contributed by atoms with Gasteiger partial charge < -0.3 is 16.2 Å². The summed E-state index contributed by atoms with van der Waals surface area (Å²) in [5.74, 6) is -1.36. The quantitative estimate of drug-likeness (QED) is 0.589. The van der Waals surface area contributed by atoms with Crippen LogP contribution >= 0.6 is 11.3 Å². The van der Waals surface area contributed by atoms with Gasteiger partial charge in [0.15, 0.2) is 0 Å². The number of nitrogens with one attached hydrogen (secondary N) is 1. The Hall–Kier alpha value is -1.47. The molecule has 1 rings (SSSR count). The Morgan fingerprint density at radius 1 is 1.45 bits per heavy atom. The summed E-state index contributed by atoms with van der Waals surface area (Å²) in [5.41, 5.74) is 6.12. The van der Waals surface area contributed by atoms with Gasteiger partial charge in [0.1, 0.15) is 6.04 Å². The van der Waals surface area contributed by atoms with Crippen LogP contribution < -0.4 is 11.1 Å². The maximum Gasteiger partial charge on any atom is 0.325 e. The van der Waals surface area contributed by atoms with E-state index in [-0.39, 0.29) is 12.3 Å². The average molecular weight is 299 g/mol. The predicted octanol–water partition coefficient (Wildman–Crippen LogP) is 0.946. The van der Waals surface area contributed by atoms with Gasteiger partial charge in [0.05, 0.1) is 17.1 Å². The van der Waals surface area contributed by atoms with Gasteiger partial charge in [-0.15, -0.1) is 11.3 Å². The van der Waals surface area contributed by atoms with Crippen molar-refractivity contribution in [1.29, 1.82) is 0 Å². The number of carbonyl (C=O) groups excluding carboxylic acids is 1. The number of carboxylic acids is 1. The van der Waals surface area contributed by atoms with Crippen LogP contribution in [-0.2, 0) is 22.4 Å². The Bertz CT molecular complexity index is 448. The summed E-state index contributed by atoms with van der Waals surface area (Å²) in [6.45, 7) is 2.15. The number of carbonyl (C=O) groups is 2. The number of hydrogen-bond donors (Lipinski definition) is 3. The molecule has 0 aliphatic rings. The van der Waals surface area contributed by atoms with Crippen LogP contribution in [0.4, 0.5) is 0 Å². The minimum atomic E-state index is -1.04. The molecule has 1 unspecified atom stereocenters. The lowest BCUT2D eigenvalue weighted by molar-refractivity contribution is -0.141. The molecule has 1 amide bonds. The second-order valence-electron chi connectivity index (χ2n) is 4.64. The van der Waals surface area contributed by atoms with Crippen LogP contribution in [0, 0.1) is 0 Å². The first kappa shape index (κ1) is 16.6. The topological polar surface area (TPSA) is 105 Å². The maximum atomic E-state index is 11.6. The highest BCUT2D eigenvalue weighted by Gasteiger charge is 2.15. The average Bonchev–Trinajstić information content (AvgIpc) is 2.82. The zero-order chi connectivity index (χ0) is 15.0. The Morgan fingerprint density at radius 3 is 2.85 bits per heavy atom. The van der Waals surface area contributed by atoms with E-state index in [1.807, 2.05) is 5.38 Å². The fraction of sp³-hybridized carbons (Fsp3) is 0.615. The zero-order valence-electron chi connectivity index (χ0n) is 11.6. The molecule has 6 nitrogen and oxygen atoms in total. The number of aliphatic carboxylic acids is 1. The molecule has 112 valence electrons. The van der Waals surface area contributed by atoms with Crippen molar-refractivity contribution in [3.63, 3.8) is 0 Å². The van der Waals surface area contributed by atoms with Crippen LogP contribution in [0.2, 0.25) is 0 Å². The largest absolute Gasteiger partial charge is 0.480 e. The highest BCUT2D eigenvalue weighted by atomic mass is 32.1. The lowest BCUT2D eigenvalue weighted by atomic mass is 10.2. The fourth-order valence-electron chi connectivity index (χ4n) is 1.66. The Balaban J connectivity index is 2.36. The van der Waals surface area contributed by atoms with Gasteiger partial charge >= 0.3 is 5.97 Å². The number of nitrogens with zero attached hydrogens (tertiary/aromatic N) is 1. The molecule has 4 N–H and O–H groups in total. The molecule has 1 heterocycles. The van der Waals surface area contributed by atoms with E-state index in [9.17, 15) is 9.59 Å². The van der Waals surface area contributed by atoms with Gasteiger partial charge in [-0.1, -0.05) is 6.42 Å². The van der Waals surface area contributed by atoms with E-state index in [0.717, 1.165) is 30.7 Å². The zero-order valence-corrected chi connectivity index (χ0v) is 12.4. The van der Waals surface area contributed by atoms with Crippen LogP contribution in [-0.4, -0.2) is 34.6 Å². The molecule has 0 saturated heterocycles. The fourth-order valence-corrected chi connectivity index (χ4v) is 2.50. The van der Waals surface area contributed by atoms with Crippen molar-refractivity contribution >= 4 is 23.2 Å². The van der Waals surface area contributed by atoms with Gasteiger partial charge in [-0.25, -0.2) is 4.98 Å². The molecular formula is C13H21N3O3S. The minimum absolute atomic E-state index is 0.122. The van der Waals surface area contributed by atoms with Crippen molar-refractivity contribution in [2.45, 2.75) is 45.1 Å². The molecule has 0 saturated carbocycles. The molecule has 0 aliphatic heterocycles. The SMILES string of the molecule is CC(NC(=O)Cc1csc(CCCCCN)n1)C(=O)O. The molecule has 0 bridgehead atoms. The van der Waals surface area contributed by atoms with E-state index in [2.05, 4.69) is 10.3 Å². The monoisotopic (exact) mass is 299 g/mol. The predicted molar refractivity (Wildman–Crippen MR) is 77.7 cm³/mol.